The van der Waals surface area contributed by atoms with Crippen molar-refractivity contribution in [3.63, 3.8) is 0 Å². The van der Waals surface area contributed by atoms with Gasteiger partial charge in [-0.2, -0.15) is 0 Å². The third kappa shape index (κ3) is 1.24. The number of hydrogen-bond acceptors (Lipinski definition) is 2. The van der Waals surface area contributed by atoms with Gasteiger partial charge in [-0.05, 0) is 19.3 Å². The minimum atomic E-state index is 0.843. The predicted octanol–water partition coefficient (Wildman–Crippen LogP) is 2.90. The van der Waals surface area contributed by atoms with Crippen LogP contribution in [0.1, 0.15) is 19.3 Å². The molecule has 1 saturated carbocycles. The van der Waals surface area contributed by atoms with Gasteiger partial charge in [-0.3, -0.25) is 0 Å². The van der Waals surface area contributed by atoms with Crippen LogP contribution in [0.15, 0.2) is 12.7 Å². The lowest BCUT2D eigenvalue weighted by Crippen LogP contribution is -2.36. The number of allylic oxidation sites excluding steroid dienone is 1. The quantitative estimate of drug-likeness (QED) is 0.587. The summed E-state index contributed by atoms with van der Waals surface area (Å²) in [6, 6.07) is 0. The van der Waals surface area contributed by atoms with E-state index in [9.17, 15) is 0 Å². The molecule has 0 aromatic heterocycles. The van der Waals surface area contributed by atoms with Gasteiger partial charge >= 0.3 is 0 Å². The second-order valence-corrected chi connectivity index (χ2v) is 6.26. The van der Waals surface area contributed by atoms with Gasteiger partial charge in [0.1, 0.15) is 0 Å². The van der Waals surface area contributed by atoms with Crippen LogP contribution in [-0.2, 0) is 0 Å². The monoisotopic (exact) mass is 172 g/mol. The van der Waals surface area contributed by atoms with Crippen molar-refractivity contribution in [2.75, 3.05) is 0 Å². The summed E-state index contributed by atoms with van der Waals surface area (Å²) in [5, 5.41) is 2.02. The Hall–Kier alpha value is 0.440. The van der Waals surface area contributed by atoms with Crippen LogP contribution in [0.4, 0.5) is 0 Å². The van der Waals surface area contributed by atoms with Gasteiger partial charge in [0.15, 0.2) is 0 Å². The highest BCUT2D eigenvalue weighted by molar-refractivity contribution is 8.18. The van der Waals surface area contributed by atoms with Crippen molar-refractivity contribution in [2.45, 2.75) is 34.3 Å². The van der Waals surface area contributed by atoms with E-state index in [1.54, 1.807) is 0 Å². The fourth-order valence-electron chi connectivity index (χ4n) is 1.45. The molecule has 0 amide bonds. The molecule has 2 bridgehead atoms. The highest BCUT2D eigenvalue weighted by Crippen LogP contribution is 2.52. The maximum atomic E-state index is 3.77. The molecule has 3 rings (SSSR count). The third-order valence-corrected chi connectivity index (χ3v) is 5.30. The van der Waals surface area contributed by atoms with Crippen LogP contribution < -0.4 is 0 Å². The van der Waals surface area contributed by atoms with Gasteiger partial charge in [0, 0.05) is 10.5 Å². The molecule has 0 unspecified atom stereocenters. The van der Waals surface area contributed by atoms with Crippen LogP contribution in [0.2, 0.25) is 0 Å². The van der Waals surface area contributed by atoms with Crippen molar-refractivity contribution in [3.05, 3.63) is 12.7 Å². The number of fused-ring (bicyclic) bond motifs is 2. The first-order chi connectivity index (χ1) is 4.88. The molecule has 0 aromatic rings. The van der Waals surface area contributed by atoms with Crippen molar-refractivity contribution in [1.29, 1.82) is 0 Å². The molecule has 0 radical (unpaired) electrons. The zero-order valence-electron chi connectivity index (χ0n) is 5.95. The molecule has 2 heteroatoms. The average molecular weight is 172 g/mol. The Kier molecular flexibility index (Phi) is 2.01. The zero-order chi connectivity index (χ0) is 6.97. The molecule has 0 N–H and O–H groups in total. The third-order valence-electron chi connectivity index (χ3n) is 2.10. The van der Waals surface area contributed by atoms with E-state index in [1.165, 1.54) is 19.3 Å². The van der Waals surface area contributed by atoms with E-state index in [4.69, 9.17) is 0 Å². The second-order valence-electron chi connectivity index (χ2n) is 2.94. The molecular weight excluding hydrogens is 160 g/mol. The van der Waals surface area contributed by atoms with Gasteiger partial charge in [-0.25, -0.2) is 0 Å². The van der Waals surface area contributed by atoms with Gasteiger partial charge in [-0.1, -0.05) is 6.08 Å². The number of hydrogen-bond donors (Lipinski definition) is 0. The van der Waals surface area contributed by atoms with E-state index < -0.39 is 0 Å². The van der Waals surface area contributed by atoms with E-state index >= 15 is 0 Å². The maximum Gasteiger partial charge on any atom is 0.0542 e. The molecular formula is C8H12S2. The summed E-state index contributed by atoms with van der Waals surface area (Å²) >= 11 is 4.34. The van der Waals surface area contributed by atoms with Crippen molar-refractivity contribution >= 4 is 23.5 Å². The molecule has 3 fully saturated rings. The topological polar surface area (TPSA) is 0 Å². The first-order valence-electron chi connectivity index (χ1n) is 3.80. The summed E-state index contributed by atoms with van der Waals surface area (Å²) < 4.78 is 0.843. The second kappa shape index (κ2) is 2.82. The van der Waals surface area contributed by atoms with Crippen molar-refractivity contribution in [2.24, 2.45) is 0 Å². The molecule has 2 heterocycles. The molecule has 0 nitrogen and oxygen atoms in total. The zero-order valence-corrected chi connectivity index (χ0v) is 7.59. The molecule has 0 spiro atoms. The van der Waals surface area contributed by atoms with E-state index in [0.29, 0.717) is 0 Å². The van der Waals surface area contributed by atoms with Gasteiger partial charge in [-0.15, -0.1) is 30.1 Å². The Morgan fingerprint density at radius 3 is 2.40 bits per heavy atom. The maximum absolute atomic E-state index is 3.77. The summed E-state index contributed by atoms with van der Waals surface area (Å²) in [7, 11) is 0. The summed E-state index contributed by atoms with van der Waals surface area (Å²) in [5.41, 5.74) is 0. The van der Waals surface area contributed by atoms with Crippen LogP contribution >= 0.6 is 23.5 Å². The molecule has 10 heavy (non-hydrogen) atoms. The standard InChI is InChI=1S/C8H12S2/c1-2-3-8-9-6-4-7(5-6)10-8/h2,6-8H,1,3-5H2. The number of rotatable bonds is 2. The van der Waals surface area contributed by atoms with E-state index in [-0.39, 0.29) is 0 Å². The molecule has 0 atom stereocenters. The molecule has 56 valence electrons. The summed E-state index contributed by atoms with van der Waals surface area (Å²) in [6.45, 7) is 3.77. The van der Waals surface area contributed by atoms with E-state index in [0.717, 1.165) is 15.1 Å². The van der Waals surface area contributed by atoms with Gasteiger partial charge < -0.3 is 0 Å². The predicted molar refractivity (Wildman–Crippen MR) is 50.6 cm³/mol. The van der Waals surface area contributed by atoms with Crippen molar-refractivity contribution in [3.8, 4) is 0 Å². The number of thioether (sulfide) groups is 2. The minimum Gasteiger partial charge on any atom is -0.144 e. The molecule has 2 saturated heterocycles. The lowest BCUT2D eigenvalue weighted by Gasteiger charge is -2.43. The van der Waals surface area contributed by atoms with Crippen molar-refractivity contribution in [1.82, 2.24) is 0 Å². The van der Waals surface area contributed by atoms with Crippen LogP contribution in [-0.4, -0.2) is 15.1 Å². The van der Waals surface area contributed by atoms with Crippen LogP contribution in [0, 0.1) is 0 Å². The largest absolute Gasteiger partial charge is 0.144 e. The first-order valence-corrected chi connectivity index (χ1v) is 5.69. The molecule has 0 aromatic carbocycles. The average Bonchev–Trinajstić information content (AvgIpc) is 1.87. The van der Waals surface area contributed by atoms with E-state index in [1.807, 2.05) is 0 Å². The minimum absolute atomic E-state index is 0.843. The molecule has 1 aliphatic carbocycles. The van der Waals surface area contributed by atoms with Crippen LogP contribution in [0.25, 0.3) is 0 Å². The smallest absolute Gasteiger partial charge is 0.0542 e. The molecule has 3 aliphatic rings. The first kappa shape index (κ1) is 7.11. The van der Waals surface area contributed by atoms with Crippen LogP contribution in [0.3, 0.4) is 0 Å². The summed E-state index contributed by atoms with van der Waals surface area (Å²) in [4.78, 5) is 0. The van der Waals surface area contributed by atoms with Crippen molar-refractivity contribution < 1.29 is 0 Å². The Labute approximate surface area is 70.8 Å². The Bertz CT molecular complexity index is 128. The fraction of sp³-hybridized carbons (Fsp3) is 0.750. The van der Waals surface area contributed by atoms with E-state index in [2.05, 4.69) is 36.2 Å². The van der Waals surface area contributed by atoms with Gasteiger partial charge in [0.05, 0.1) is 4.58 Å². The van der Waals surface area contributed by atoms with Crippen LogP contribution in [0.5, 0.6) is 0 Å². The SMILES string of the molecule is C=CCC1SC2CC(C2)S1. The highest BCUT2D eigenvalue weighted by atomic mass is 32.2. The Morgan fingerprint density at radius 2 is 1.90 bits per heavy atom. The normalized spacial score (nSPS) is 44.2. The van der Waals surface area contributed by atoms with Gasteiger partial charge in [0.25, 0.3) is 0 Å². The van der Waals surface area contributed by atoms with Gasteiger partial charge in [0.2, 0.25) is 0 Å². The summed E-state index contributed by atoms with van der Waals surface area (Å²) in [5.74, 6) is 0. The molecule has 2 aliphatic heterocycles. The fourth-order valence-corrected chi connectivity index (χ4v) is 5.62. The Balaban J connectivity index is 1.85. The highest BCUT2D eigenvalue weighted by Gasteiger charge is 2.38. The Morgan fingerprint density at radius 1 is 1.30 bits per heavy atom. The summed E-state index contributed by atoms with van der Waals surface area (Å²) in [6.07, 6.45) is 6.20. The lowest BCUT2D eigenvalue weighted by atomic mass is 9.99. The lowest BCUT2D eigenvalue weighted by molar-refractivity contribution is 0.532.